The molecule has 6 heteroatoms. The second-order valence-electron chi connectivity index (χ2n) is 8.44. The van der Waals surface area contributed by atoms with Gasteiger partial charge in [0.2, 0.25) is 0 Å². The molecular formula is C29H24INO4. The zero-order valence-corrected chi connectivity index (χ0v) is 21.6. The van der Waals surface area contributed by atoms with E-state index in [0.717, 1.165) is 31.7 Å². The molecule has 0 unspecified atom stereocenters. The molecule has 3 aromatic carbocycles. The quantitative estimate of drug-likeness (QED) is 0.288. The lowest BCUT2D eigenvalue weighted by molar-refractivity contribution is -0.138. The molecular weight excluding hydrogens is 553 g/mol. The highest BCUT2D eigenvalue weighted by Crippen LogP contribution is 2.47. The van der Waals surface area contributed by atoms with Crippen LogP contribution in [0, 0.1) is 3.57 Å². The maximum absolute atomic E-state index is 13.6. The Bertz CT molecular complexity index is 1390. The summed E-state index contributed by atoms with van der Waals surface area (Å²) < 4.78 is 12.4. The average Bonchev–Trinajstić information content (AvgIpc) is 3.14. The van der Waals surface area contributed by atoms with Gasteiger partial charge >= 0.3 is 5.97 Å². The monoisotopic (exact) mass is 577 g/mol. The fourth-order valence-electron chi connectivity index (χ4n) is 4.69. The normalized spacial score (nSPS) is 16.5. The summed E-state index contributed by atoms with van der Waals surface area (Å²) in [5, 5.41) is 3.33. The van der Waals surface area contributed by atoms with Gasteiger partial charge in [-0.15, -0.1) is 0 Å². The van der Waals surface area contributed by atoms with Gasteiger partial charge in [0.1, 0.15) is 12.4 Å². The molecule has 1 N–H and O–H groups in total. The first-order valence-corrected chi connectivity index (χ1v) is 12.6. The third kappa shape index (κ3) is 4.27. The number of fused-ring (bicyclic) bond motifs is 2. The van der Waals surface area contributed by atoms with Crippen molar-refractivity contribution in [3.05, 3.63) is 115 Å². The summed E-state index contributed by atoms with van der Waals surface area (Å²) >= 11 is 2.24. The maximum Gasteiger partial charge on any atom is 0.336 e. The number of dihydropyridines is 1. The lowest BCUT2D eigenvalue weighted by Gasteiger charge is -2.29. The lowest BCUT2D eigenvalue weighted by atomic mass is 9.80. The Morgan fingerprint density at radius 1 is 1.00 bits per heavy atom. The van der Waals surface area contributed by atoms with E-state index in [0.29, 0.717) is 29.0 Å². The molecule has 0 bridgehead atoms. The van der Waals surface area contributed by atoms with Crippen LogP contribution in [0.4, 0.5) is 0 Å². The molecule has 0 saturated heterocycles. The number of allylic oxidation sites excluding steroid dienone is 2. The number of rotatable bonds is 6. The third-order valence-corrected chi connectivity index (χ3v) is 7.11. The fraction of sp³-hybridized carbons (Fsp3) is 0.172. The Kier molecular flexibility index (Phi) is 6.47. The standard InChI is InChI=1S/C29H24INO4/c1-3-34-29(33)24-17(2)31-27-20-11-7-8-12-21(20)28(32)26(27)25(24)19-13-14-23(22(30)15-19)35-16-18-9-5-4-6-10-18/h4-15,25,31H,3,16H2,1-2H3/t25-/m1/s1. The number of hydrogen-bond acceptors (Lipinski definition) is 5. The van der Waals surface area contributed by atoms with Crippen molar-refractivity contribution in [2.24, 2.45) is 0 Å². The van der Waals surface area contributed by atoms with Crippen LogP contribution in [0.15, 0.2) is 89.6 Å². The minimum atomic E-state index is -0.540. The summed E-state index contributed by atoms with van der Waals surface area (Å²) in [7, 11) is 0. The number of nitrogens with one attached hydrogen (secondary N) is 1. The summed E-state index contributed by atoms with van der Waals surface area (Å²) in [6, 6.07) is 23.4. The molecule has 35 heavy (non-hydrogen) atoms. The zero-order valence-electron chi connectivity index (χ0n) is 19.4. The highest BCUT2D eigenvalue weighted by Gasteiger charge is 2.43. The van der Waals surface area contributed by atoms with Crippen LogP contribution in [-0.2, 0) is 16.1 Å². The second kappa shape index (κ2) is 9.70. The summed E-state index contributed by atoms with van der Waals surface area (Å²) in [4.78, 5) is 26.7. The van der Waals surface area contributed by atoms with E-state index in [9.17, 15) is 9.59 Å². The molecule has 0 aromatic heterocycles. The topological polar surface area (TPSA) is 64.6 Å². The Balaban J connectivity index is 1.55. The fourth-order valence-corrected chi connectivity index (χ4v) is 5.39. The minimum Gasteiger partial charge on any atom is -0.488 e. The van der Waals surface area contributed by atoms with Crippen molar-refractivity contribution >= 4 is 40.0 Å². The number of ketones is 1. The molecule has 0 radical (unpaired) electrons. The molecule has 2 aliphatic rings. The molecule has 1 aliphatic carbocycles. The van der Waals surface area contributed by atoms with E-state index in [1.54, 1.807) is 6.92 Å². The van der Waals surface area contributed by atoms with Gasteiger partial charge in [0.15, 0.2) is 5.78 Å². The number of esters is 1. The third-order valence-electron chi connectivity index (χ3n) is 6.27. The molecule has 5 nitrogen and oxygen atoms in total. The Hall–Kier alpha value is -3.39. The van der Waals surface area contributed by atoms with Gasteiger partial charge in [-0.2, -0.15) is 0 Å². The van der Waals surface area contributed by atoms with Crippen LogP contribution in [0.3, 0.4) is 0 Å². The SMILES string of the molecule is CCOC(=O)C1=C(C)NC2=C(C(=O)c3ccccc32)[C@@H]1c1ccc(OCc2ccccc2)c(I)c1. The average molecular weight is 577 g/mol. The van der Waals surface area contributed by atoms with Gasteiger partial charge in [-0.1, -0.05) is 60.7 Å². The predicted octanol–water partition coefficient (Wildman–Crippen LogP) is 6.00. The van der Waals surface area contributed by atoms with Gasteiger partial charge in [-0.3, -0.25) is 4.79 Å². The van der Waals surface area contributed by atoms with Crippen LogP contribution in [0.1, 0.15) is 46.8 Å². The van der Waals surface area contributed by atoms with E-state index in [4.69, 9.17) is 9.47 Å². The largest absolute Gasteiger partial charge is 0.488 e. The number of carbonyl (C=O) groups excluding carboxylic acids is 2. The minimum absolute atomic E-state index is 0.0678. The molecule has 1 atom stereocenters. The van der Waals surface area contributed by atoms with E-state index in [1.165, 1.54) is 0 Å². The summed E-state index contributed by atoms with van der Waals surface area (Å²) in [5.74, 6) is -0.276. The van der Waals surface area contributed by atoms with Crippen molar-refractivity contribution in [2.75, 3.05) is 6.61 Å². The highest BCUT2D eigenvalue weighted by atomic mass is 127. The van der Waals surface area contributed by atoms with Crippen LogP contribution in [-0.4, -0.2) is 18.4 Å². The number of halogens is 1. The molecule has 1 aliphatic heterocycles. The zero-order chi connectivity index (χ0) is 24.5. The van der Waals surface area contributed by atoms with Crippen LogP contribution >= 0.6 is 22.6 Å². The van der Waals surface area contributed by atoms with Crippen molar-refractivity contribution in [3.63, 3.8) is 0 Å². The first-order valence-electron chi connectivity index (χ1n) is 11.5. The van der Waals surface area contributed by atoms with Crippen LogP contribution in [0.5, 0.6) is 5.75 Å². The van der Waals surface area contributed by atoms with Crippen LogP contribution in [0.25, 0.3) is 5.70 Å². The predicted molar refractivity (Wildman–Crippen MR) is 143 cm³/mol. The molecule has 176 valence electrons. The van der Waals surface area contributed by atoms with Gasteiger partial charge in [0, 0.05) is 28.3 Å². The van der Waals surface area contributed by atoms with E-state index in [-0.39, 0.29) is 12.4 Å². The molecule has 3 aromatic rings. The van der Waals surface area contributed by atoms with Gasteiger partial charge in [-0.25, -0.2) is 4.79 Å². The van der Waals surface area contributed by atoms with Gasteiger partial charge in [0.05, 0.1) is 21.4 Å². The van der Waals surface area contributed by atoms with Crippen molar-refractivity contribution in [3.8, 4) is 5.75 Å². The van der Waals surface area contributed by atoms with E-state index < -0.39 is 11.9 Å². The van der Waals surface area contributed by atoms with Crippen LogP contribution < -0.4 is 10.1 Å². The molecule has 0 spiro atoms. The first kappa shape index (κ1) is 23.4. The number of carbonyl (C=O) groups is 2. The maximum atomic E-state index is 13.6. The van der Waals surface area contributed by atoms with Crippen molar-refractivity contribution in [2.45, 2.75) is 26.4 Å². The van der Waals surface area contributed by atoms with E-state index in [2.05, 4.69) is 27.9 Å². The van der Waals surface area contributed by atoms with Crippen molar-refractivity contribution in [1.82, 2.24) is 5.32 Å². The number of hydrogen-bond donors (Lipinski definition) is 1. The van der Waals surface area contributed by atoms with Crippen LogP contribution in [0.2, 0.25) is 0 Å². The molecule has 5 rings (SSSR count). The van der Waals surface area contributed by atoms with Gasteiger partial charge in [0.25, 0.3) is 0 Å². The Labute approximate surface area is 218 Å². The first-order chi connectivity index (χ1) is 17.0. The van der Waals surface area contributed by atoms with Gasteiger partial charge in [-0.05, 0) is 59.7 Å². The lowest BCUT2D eigenvalue weighted by Crippen LogP contribution is -2.29. The van der Waals surface area contributed by atoms with Crippen molar-refractivity contribution < 1.29 is 19.1 Å². The summed E-state index contributed by atoms with van der Waals surface area (Å²) in [6.45, 7) is 4.35. The highest BCUT2D eigenvalue weighted by molar-refractivity contribution is 14.1. The van der Waals surface area contributed by atoms with E-state index >= 15 is 0 Å². The molecule has 0 saturated carbocycles. The molecule has 0 amide bonds. The smallest absolute Gasteiger partial charge is 0.336 e. The number of benzene rings is 3. The second-order valence-corrected chi connectivity index (χ2v) is 9.61. The van der Waals surface area contributed by atoms with Gasteiger partial charge < -0.3 is 14.8 Å². The number of ether oxygens (including phenoxy) is 2. The Morgan fingerprint density at radius 2 is 1.71 bits per heavy atom. The van der Waals surface area contributed by atoms with E-state index in [1.807, 2.05) is 79.7 Å². The molecule has 0 fully saturated rings. The molecule has 1 heterocycles. The van der Waals surface area contributed by atoms with Crippen molar-refractivity contribution in [1.29, 1.82) is 0 Å². The summed E-state index contributed by atoms with van der Waals surface area (Å²) in [6.07, 6.45) is 0. The Morgan fingerprint density at radius 3 is 2.43 bits per heavy atom. The summed E-state index contributed by atoms with van der Waals surface area (Å²) in [5.41, 5.74) is 5.92. The number of Topliss-reactive ketones (excluding diaryl/α,β-unsaturated/α-hetero) is 1.